The Morgan fingerprint density at radius 1 is 1.24 bits per heavy atom. The number of carbonyl (C=O) groups is 2. The number of halogens is 3. The molecule has 0 saturated heterocycles. The maximum absolute atomic E-state index is 12.4. The lowest BCUT2D eigenvalue weighted by Crippen LogP contribution is -2.33. The highest BCUT2D eigenvalue weighted by Gasteiger charge is 2.30. The molecule has 1 heterocycles. The average molecular weight is 379 g/mol. The number of rotatable bonds is 6. The van der Waals surface area contributed by atoms with Gasteiger partial charge in [-0.1, -0.05) is 0 Å². The van der Waals surface area contributed by atoms with Gasteiger partial charge in [-0.05, 0) is 32.9 Å². The van der Waals surface area contributed by atoms with E-state index in [0.717, 1.165) is 12.1 Å². The van der Waals surface area contributed by atoms with E-state index < -0.39 is 29.3 Å². The van der Waals surface area contributed by atoms with Crippen molar-refractivity contribution in [1.29, 1.82) is 0 Å². The van der Waals surface area contributed by atoms with Crippen molar-refractivity contribution < 1.29 is 27.5 Å². The van der Waals surface area contributed by atoms with Crippen LogP contribution in [-0.2, 0) is 15.7 Å². The number of alkyl carbamates (subject to hydrolysis) is 1. The first kappa shape index (κ1) is 21.1. The number of hydrogen-bond donors (Lipinski definition) is 2. The molecule has 0 atom stereocenters. The van der Waals surface area contributed by atoms with Crippen molar-refractivity contribution in [3.8, 4) is 0 Å². The number of alkyl halides is 3. The predicted octanol–water partition coefficient (Wildman–Crippen LogP) is 3.30. The SMILES string of the molecule is CC(C)(C)OC(=O)NCCSCC(=O)Nc1ccc(C(F)(F)F)cn1. The molecule has 0 aliphatic carbocycles. The van der Waals surface area contributed by atoms with E-state index in [2.05, 4.69) is 15.6 Å². The molecule has 0 aromatic carbocycles. The minimum atomic E-state index is -4.47. The zero-order chi connectivity index (χ0) is 19.1. The van der Waals surface area contributed by atoms with Gasteiger partial charge in [0.15, 0.2) is 0 Å². The van der Waals surface area contributed by atoms with Gasteiger partial charge in [-0.2, -0.15) is 24.9 Å². The average Bonchev–Trinajstić information content (AvgIpc) is 2.44. The molecule has 0 unspecified atom stereocenters. The molecule has 25 heavy (non-hydrogen) atoms. The quantitative estimate of drug-likeness (QED) is 0.742. The molecule has 1 aromatic rings. The predicted molar refractivity (Wildman–Crippen MR) is 89.4 cm³/mol. The number of pyridine rings is 1. The number of nitrogens with zero attached hydrogens (tertiary/aromatic N) is 1. The van der Waals surface area contributed by atoms with E-state index in [9.17, 15) is 22.8 Å². The van der Waals surface area contributed by atoms with E-state index in [1.54, 1.807) is 20.8 Å². The van der Waals surface area contributed by atoms with Crippen molar-refractivity contribution in [2.24, 2.45) is 0 Å². The molecule has 10 heteroatoms. The molecule has 0 radical (unpaired) electrons. The van der Waals surface area contributed by atoms with Gasteiger partial charge in [0.1, 0.15) is 11.4 Å². The van der Waals surface area contributed by atoms with E-state index in [0.29, 0.717) is 18.5 Å². The first-order valence-corrected chi connectivity index (χ1v) is 8.50. The van der Waals surface area contributed by atoms with Crippen molar-refractivity contribution in [2.45, 2.75) is 32.5 Å². The molecule has 0 aliphatic rings. The van der Waals surface area contributed by atoms with Crippen LogP contribution in [0.15, 0.2) is 18.3 Å². The van der Waals surface area contributed by atoms with Crippen molar-refractivity contribution >= 4 is 29.6 Å². The molecule has 0 fully saturated rings. The molecule has 2 N–H and O–H groups in total. The maximum Gasteiger partial charge on any atom is 0.417 e. The van der Waals surface area contributed by atoms with Crippen LogP contribution < -0.4 is 10.6 Å². The lowest BCUT2D eigenvalue weighted by Gasteiger charge is -2.19. The van der Waals surface area contributed by atoms with Gasteiger partial charge in [0.2, 0.25) is 5.91 Å². The van der Waals surface area contributed by atoms with E-state index in [4.69, 9.17) is 4.74 Å². The van der Waals surface area contributed by atoms with Crippen LogP contribution in [0.1, 0.15) is 26.3 Å². The van der Waals surface area contributed by atoms with Gasteiger partial charge in [-0.15, -0.1) is 0 Å². The summed E-state index contributed by atoms with van der Waals surface area (Å²) in [5.74, 6) is 0.214. The van der Waals surface area contributed by atoms with Gasteiger partial charge >= 0.3 is 12.3 Å². The second kappa shape index (κ2) is 8.93. The Balaban J connectivity index is 2.24. The van der Waals surface area contributed by atoms with E-state index in [-0.39, 0.29) is 11.6 Å². The van der Waals surface area contributed by atoms with Crippen molar-refractivity contribution in [3.05, 3.63) is 23.9 Å². The standard InChI is InChI=1S/C15H20F3N3O3S/c1-14(2,3)24-13(23)19-6-7-25-9-12(22)21-11-5-4-10(8-20-11)15(16,17)18/h4-5,8H,6-7,9H2,1-3H3,(H,19,23)(H,20,21,22). The fourth-order valence-electron chi connectivity index (χ4n) is 1.52. The Morgan fingerprint density at radius 3 is 2.44 bits per heavy atom. The Labute approximate surface area is 147 Å². The van der Waals surface area contributed by atoms with Gasteiger partial charge in [-0.3, -0.25) is 4.79 Å². The third kappa shape index (κ3) is 9.18. The summed E-state index contributed by atoms with van der Waals surface area (Å²) in [7, 11) is 0. The Morgan fingerprint density at radius 2 is 1.92 bits per heavy atom. The van der Waals surface area contributed by atoms with Crippen LogP contribution in [0.4, 0.5) is 23.8 Å². The summed E-state index contributed by atoms with van der Waals surface area (Å²) in [6.45, 7) is 5.58. The number of thioether (sulfide) groups is 1. The molecule has 140 valence electrons. The number of nitrogens with one attached hydrogen (secondary N) is 2. The molecular weight excluding hydrogens is 359 g/mol. The summed E-state index contributed by atoms with van der Waals surface area (Å²) in [4.78, 5) is 26.6. The topological polar surface area (TPSA) is 80.3 Å². The molecular formula is C15H20F3N3O3S. The van der Waals surface area contributed by atoms with E-state index >= 15 is 0 Å². The highest BCUT2D eigenvalue weighted by molar-refractivity contribution is 7.99. The smallest absolute Gasteiger partial charge is 0.417 e. The fourth-order valence-corrected chi connectivity index (χ4v) is 2.17. The van der Waals surface area contributed by atoms with Gasteiger partial charge in [0.25, 0.3) is 0 Å². The number of aromatic nitrogens is 1. The molecule has 1 rings (SSSR count). The zero-order valence-corrected chi connectivity index (χ0v) is 14.9. The number of hydrogen-bond acceptors (Lipinski definition) is 5. The molecule has 1 aromatic heterocycles. The highest BCUT2D eigenvalue weighted by atomic mass is 32.2. The first-order chi connectivity index (χ1) is 11.5. The first-order valence-electron chi connectivity index (χ1n) is 7.35. The third-order valence-corrected chi connectivity index (χ3v) is 3.47. The van der Waals surface area contributed by atoms with Crippen LogP contribution in [0, 0.1) is 0 Å². The highest BCUT2D eigenvalue weighted by Crippen LogP contribution is 2.28. The lowest BCUT2D eigenvalue weighted by atomic mass is 10.2. The normalized spacial score (nSPS) is 11.8. The molecule has 0 bridgehead atoms. The summed E-state index contributed by atoms with van der Waals surface area (Å²) in [6, 6.07) is 1.94. The largest absolute Gasteiger partial charge is 0.444 e. The summed E-state index contributed by atoms with van der Waals surface area (Å²) < 4.78 is 42.2. The van der Waals surface area contributed by atoms with E-state index in [1.807, 2.05) is 0 Å². The molecule has 0 spiro atoms. The molecule has 0 saturated carbocycles. The summed E-state index contributed by atoms with van der Waals surface area (Å²) in [6.07, 6.45) is -4.34. The molecule has 0 aliphatic heterocycles. The third-order valence-electron chi connectivity index (χ3n) is 2.51. The van der Waals surface area contributed by atoms with Crippen LogP contribution in [0.2, 0.25) is 0 Å². The number of ether oxygens (including phenoxy) is 1. The number of amides is 2. The van der Waals surface area contributed by atoms with Crippen molar-refractivity contribution in [3.63, 3.8) is 0 Å². The van der Waals surface area contributed by atoms with Crippen molar-refractivity contribution in [1.82, 2.24) is 10.3 Å². The summed E-state index contributed by atoms with van der Waals surface area (Å²) in [5.41, 5.74) is -1.46. The van der Waals surface area contributed by atoms with Crippen LogP contribution in [-0.4, -0.2) is 40.6 Å². The minimum Gasteiger partial charge on any atom is -0.444 e. The second-order valence-corrected chi connectivity index (χ2v) is 7.06. The Bertz CT molecular complexity index is 586. The fraction of sp³-hybridized carbons (Fsp3) is 0.533. The molecule has 6 nitrogen and oxygen atoms in total. The van der Waals surface area contributed by atoms with Crippen LogP contribution in [0.5, 0.6) is 0 Å². The minimum absolute atomic E-state index is 0.0467. The molecule has 2 amide bonds. The summed E-state index contributed by atoms with van der Waals surface area (Å²) in [5, 5.41) is 4.95. The van der Waals surface area contributed by atoms with Crippen LogP contribution in [0.25, 0.3) is 0 Å². The number of carbonyl (C=O) groups excluding carboxylic acids is 2. The Kier molecular flexibility index (Phi) is 7.53. The van der Waals surface area contributed by atoms with Crippen molar-refractivity contribution in [2.75, 3.05) is 23.4 Å². The second-order valence-electron chi connectivity index (χ2n) is 5.96. The van der Waals surface area contributed by atoms with Crippen LogP contribution in [0.3, 0.4) is 0 Å². The van der Waals surface area contributed by atoms with Gasteiger partial charge in [0.05, 0.1) is 11.3 Å². The lowest BCUT2D eigenvalue weighted by molar-refractivity contribution is -0.137. The monoisotopic (exact) mass is 379 g/mol. The van der Waals surface area contributed by atoms with Gasteiger partial charge in [0, 0.05) is 18.5 Å². The zero-order valence-electron chi connectivity index (χ0n) is 14.1. The Hall–Kier alpha value is -1.97. The van der Waals surface area contributed by atoms with Crippen LogP contribution >= 0.6 is 11.8 Å². The summed E-state index contributed by atoms with van der Waals surface area (Å²) >= 11 is 1.26. The van der Waals surface area contributed by atoms with Gasteiger partial charge < -0.3 is 15.4 Å². The van der Waals surface area contributed by atoms with Gasteiger partial charge in [-0.25, -0.2) is 9.78 Å². The van der Waals surface area contributed by atoms with E-state index in [1.165, 1.54) is 11.8 Å². The number of anilines is 1. The maximum atomic E-state index is 12.4.